The molecule has 2 rings (SSSR count). The van der Waals surface area contributed by atoms with Crippen LogP contribution in [0, 0.1) is 5.92 Å². The first-order valence-electron chi connectivity index (χ1n) is 4.40. The number of aromatic nitrogens is 1. The second-order valence-corrected chi connectivity index (χ2v) is 3.31. The van der Waals surface area contributed by atoms with E-state index in [1.807, 2.05) is 18.3 Å². The molecule has 0 atom stereocenters. The minimum Gasteiger partial charge on any atom is -0.348 e. The van der Waals surface area contributed by atoms with E-state index >= 15 is 0 Å². The van der Waals surface area contributed by atoms with Gasteiger partial charge in [-0.15, -0.1) is 0 Å². The van der Waals surface area contributed by atoms with Crippen molar-refractivity contribution in [3.63, 3.8) is 0 Å². The largest absolute Gasteiger partial charge is 0.348 e. The molecule has 0 bridgehead atoms. The molecule has 0 spiro atoms. The lowest BCUT2D eigenvalue weighted by molar-refractivity contribution is -0.123. The van der Waals surface area contributed by atoms with Gasteiger partial charge >= 0.3 is 0 Å². The van der Waals surface area contributed by atoms with Crippen LogP contribution in [0.15, 0.2) is 18.3 Å². The fraction of sp³-hybridized carbons (Fsp3) is 0.444. The van der Waals surface area contributed by atoms with Gasteiger partial charge in [0.25, 0.3) is 0 Å². The summed E-state index contributed by atoms with van der Waals surface area (Å²) in [5.74, 6) is 1.20. The monoisotopic (exact) mass is 179 g/mol. The van der Waals surface area contributed by atoms with Gasteiger partial charge in [-0.1, -0.05) is 0 Å². The van der Waals surface area contributed by atoms with Crippen molar-refractivity contribution in [2.75, 3.05) is 25.0 Å². The SMILES string of the molecule is CN(C(=O)C1CNC1)c1ccc[nH]1. The van der Waals surface area contributed by atoms with Crippen molar-refractivity contribution < 1.29 is 4.79 Å². The number of rotatable bonds is 2. The summed E-state index contributed by atoms with van der Waals surface area (Å²) in [6.07, 6.45) is 1.82. The molecule has 4 heteroatoms. The molecule has 2 N–H and O–H groups in total. The van der Waals surface area contributed by atoms with Crippen molar-refractivity contribution >= 4 is 11.7 Å². The molecular formula is C9H13N3O. The van der Waals surface area contributed by atoms with E-state index in [2.05, 4.69) is 10.3 Å². The van der Waals surface area contributed by atoms with Crippen molar-refractivity contribution in [2.45, 2.75) is 0 Å². The Kier molecular flexibility index (Phi) is 2.06. The van der Waals surface area contributed by atoms with Gasteiger partial charge in [0.1, 0.15) is 5.82 Å². The molecule has 0 aliphatic carbocycles. The maximum atomic E-state index is 11.7. The molecule has 1 saturated heterocycles. The van der Waals surface area contributed by atoms with Crippen LogP contribution in [-0.4, -0.2) is 31.0 Å². The summed E-state index contributed by atoms with van der Waals surface area (Å²) in [5.41, 5.74) is 0. The molecule has 0 radical (unpaired) electrons. The lowest BCUT2D eigenvalue weighted by Crippen LogP contribution is -2.51. The van der Waals surface area contributed by atoms with Gasteiger partial charge in [-0.05, 0) is 12.1 Å². The summed E-state index contributed by atoms with van der Waals surface area (Å²) in [7, 11) is 1.80. The quantitative estimate of drug-likeness (QED) is 0.681. The summed E-state index contributed by atoms with van der Waals surface area (Å²) in [5, 5.41) is 3.08. The Morgan fingerprint density at radius 1 is 1.62 bits per heavy atom. The fourth-order valence-corrected chi connectivity index (χ4v) is 1.39. The van der Waals surface area contributed by atoms with Crippen molar-refractivity contribution in [2.24, 2.45) is 5.92 Å². The van der Waals surface area contributed by atoms with E-state index in [4.69, 9.17) is 0 Å². The third-order valence-electron chi connectivity index (χ3n) is 2.40. The highest BCUT2D eigenvalue weighted by Gasteiger charge is 2.28. The van der Waals surface area contributed by atoms with Crippen LogP contribution < -0.4 is 10.2 Å². The van der Waals surface area contributed by atoms with E-state index in [1.165, 1.54) is 0 Å². The minimum absolute atomic E-state index is 0.160. The first kappa shape index (κ1) is 8.31. The van der Waals surface area contributed by atoms with E-state index in [-0.39, 0.29) is 11.8 Å². The second-order valence-electron chi connectivity index (χ2n) is 3.31. The number of carbonyl (C=O) groups excluding carboxylic acids is 1. The van der Waals surface area contributed by atoms with Gasteiger partial charge in [0.15, 0.2) is 0 Å². The molecule has 13 heavy (non-hydrogen) atoms. The van der Waals surface area contributed by atoms with Gasteiger partial charge in [-0.3, -0.25) is 4.79 Å². The molecule has 1 fully saturated rings. The lowest BCUT2D eigenvalue weighted by Gasteiger charge is -2.29. The molecule has 1 aliphatic heterocycles. The predicted octanol–water partition coefficient (Wildman–Crippen LogP) is 0.197. The predicted molar refractivity (Wildman–Crippen MR) is 50.6 cm³/mol. The third-order valence-corrected chi connectivity index (χ3v) is 2.40. The van der Waals surface area contributed by atoms with Crippen LogP contribution in [0.1, 0.15) is 0 Å². The van der Waals surface area contributed by atoms with Crippen molar-refractivity contribution in [3.05, 3.63) is 18.3 Å². The Hall–Kier alpha value is -1.29. The number of nitrogens with zero attached hydrogens (tertiary/aromatic N) is 1. The van der Waals surface area contributed by atoms with Crippen LogP contribution in [-0.2, 0) is 4.79 Å². The molecular weight excluding hydrogens is 166 g/mol. The highest BCUT2D eigenvalue weighted by molar-refractivity contribution is 5.94. The molecule has 0 aromatic carbocycles. The number of hydrogen-bond acceptors (Lipinski definition) is 2. The maximum absolute atomic E-state index is 11.7. The fourth-order valence-electron chi connectivity index (χ4n) is 1.39. The number of hydrogen-bond donors (Lipinski definition) is 2. The van der Waals surface area contributed by atoms with Crippen LogP contribution in [0.5, 0.6) is 0 Å². The zero-order chi connectivity index (χ0) is 9.26. The van der Waals surface area contributed by atoms with E-state index < -0.39 is 0 Å². The van der Waals surface area contributed by atoms with E-state index in [1.54, 1.807) is 11.9 Å². The van der Waals surface area contributed by atoms with Crippen molar-refractivity contribution in [3.8, 4) is 0 Å². The Morgan fingerprint density at radius 3 is 2.85 bits per heavy atom. The van der Waals surface area contributed by atoms with Gasteiger partial charge in [0.2, 0.25) is 5.91 Å². The van der Waals surface area contributed by atoms with E-state index in [0.29, 0.717) is 0 Å². The first-order valence-corrected chi connectivity index (χ1v) is 4.40. The third kappa shape index (κ3) is 1.45. The summed E-state index contributed by atoms with van der Waals surface area (Å²) in [6.45, 7) is 1.62. The second kappa shape index (κ2) is 3.22. The molecule has 1 aliphatic rings. The zero-order valence-electron chi connectivity index (χ0n) is 7.58. The topological polar surface area (TPSA) is 48.1 Å². The molecule has 2 heterocycles. The van der Waals surface area contributed by atoms with Crippen LogP contribution in [0.4, 0.5) is 5.82 Å². The Bertz CT molecular complexity index is 290. The lowest BCUT2D eigenvalue weighted by atomic mass is 10.0. The minimum atomic E-state index is 0.160. The molecule has 1 aromatic rings. The highest BCUT2D eigenvalue weighted by Crippen LogP contribution is 2.13. The highest BCUT2D eigenvalue weighted by atomic mass is 16.2. The van der Waals surface area contributed by atoms with E-state index in [0.717, 1.165) is 18.9 Å². The normalized spacial score (nSPS) is 16.7. The standard InChI is InChI=1S/C9H13N3O/c1-12(8-3-2-4-11-8)9(13)7-5-10-6-7/h2-4,7,10-11H,5-6H2,1H3. The number of amides is 1. The first-order chi connectivity index (χ1) is 6.29. The van der Waals surface area contributed by atoms with Crippen LogP contribution >= 0.6 is 0 Å². The van der Waals surface area contributed by atoms with Gasteiger partial charge in [-0.2, -0.15) is 0 Å². The molecule has 0 unspecified atom stereocenters. The summed E-state index contributed by atoms with van der Waals surface area (Å²) >= 11 is 0. The molecule has 4 nitrogen and oxygen atoms in total. The molecule has 0 saturated carbocycles. The number of anilines is 1. The average Bonchev–Trinajstić information content (AvgIpc) is 2.51. The van der Waals surface area contributed by atoms with Crippen LogP contribution in [0.3, 0.4) is 0 Å². The van der Waals surface area contributed by atoms with Gasteiger partial charge < -0.3 is 15.2 Å². The molecule has 1 aromatic heterocycles. The Balaban J connectivity index is 2.04. The summed E-state index contributed by atoms with van der Waals surface area (Å²) in [4.78, 5) is 16.4. The number of H-pyrrole nitrogens is 1. The van der Waals surface area contributed by atoms with Gasteiger partial charge in [0.05, 0.1) is 5.92 Å². The van der Waals surface area contributed by atoms with Crippen molar-refractivity contribution in [1.29, 1.82) is 0 Å². The summed E-state index contributed by atoms with van der Waals surface area (Å²) < 4.78 is 0. The van der Waals surface area contributed by atoms with Crippen molar-refractivity contribution in [1.82, 2.24) is 10.3 Å². The zero-order valence-corrected chi connectivity index (χ0v) is 7.58. The van der Waals surface area contributed by atoms with Gasteiger partial charge in [-0.25, -0.2) is 0 Å². The number of carbonyl (C=O) groups is 1. The molecule has 70 valence electrons. The number of aromatic amines is 1. The Labute approximate surface area is 76.9 Å². The van der Waals surface area contributed by atoms with Crippen LogP contribution in [0.2, 0.25) is 0 Å². The maximum Gasteiger partial charge on any atom is 0.233 e. The number of nitrogens with one attached hydrogen (secondary N) is 2. The summed E-state index contributed by atoms with van der Waals surface area (Å²) in [6, 6.07) is 3.78. The molecule has 1 amide bonds. The van der Waals surface area contributed by atoms with E-state index in [9.17, 15) is 4.79 Å². The van der Waals surface area contributed by atoms with Crippen LogP contribution in [0.25, 0.3) is 0 Å². The Morgan fingerprint density at radius 2 is 2.38 bits per heavy atom. The smallest absolute Gasteiger partial charge is 0.233 e. The van der Waals surface area contributed by atoms with Gasteiger partial charge in [0, 0.05) is 26.3 Å². The average molecular weight is 179 g/mol.